The fourth-order valence-corrected chi connectivity index (χ4v) is 6.27. The first-order chi connectivity index (χ1) is 19.3. The summed E-state index contributed by atoms with van der Waals surface area (Å²) in [6.45, 7) is 0.0542. The van der Waals surface area contributed by atoms with Crippen LogP contribution in [0.15, 0.2) is 34.6 Å². The maximum atomic E-state index is 13.1. The molecule has 3 atom stereocenters. The lowest BCUT2D eigenvalue weighted by Gasteiger charge is -2.49. The number of alkyl halides is 3. The maximum absolute atomic E-state index is 13.1. The third-order valence-corrected chi connectivity index (χ3v) is 8.39. The lowest BCUT2D eigenvalue weighted by molar-refractivity contribution is -0.201. The predicted octanol–water partition coefficient (Wildman–Crippen LogP) is 0.140. The van der Waals surface area contributed by atoms with E-state index in [4.69, 9.17) is 10.5 Å². The third-order valence-electron chi connectivity index (χ3n) is 5.96. The average molecular weight is 618 g/mol. The molecule has 220 valence electrons. The number of carbonyl (C=O) groups is 4. The van der Waals surface area contributed by atoms with Crippen molar-refractivity contribution in [3.63, 3.8) is 0 Å². The standard InChI is InChI=1S/C22H22F3N7O7S2/c1-31-21(28-29-30-31)41-8-11-7-40-18-14(17(35)32(18)15(11)19(36)39-20(37)22(23,24)25)27-16(34)13(26)9-3-4-12(33)10(5-9)6-38-2/h3-5,13-14,18,33H,6-8,26H2,1-2H3,(H,27,34). The summed E-state index contributed by atoms with van der Waals surface area (Å²) < 4.78 is 48.7. The number of amides is 2. The highest BCUT2D eigenvalue weighted by molar-refractivity contribution is 8.01. The van der Waals surface area contributed by atoms with Gasteiger partial charge in [-0.2, -0.15) is 13.2 Å². The number of nitrogens with zero attached hydrogens (tertiary/aromatic N) is 5. The van der Waals surface area contributed by atoms with Crippen molar-refractivity contribution < 1.29 is 46.9 Å². The van der Waals surface area contributed by atoms with E-state index in [1.165, 1.54) is 30.0 Å². The van der Waals surface area contributed by atoms with Crippen molar-refractivity contribution in [1.82, 2.24) is 30.4 Å². The van der Waals surface area contributed by atoms with Crippen molar-refractivity contribution >= 4 is 47.3 Å². The molecule has 2 aromatic rings. The number of tetrazole rings is 1. The fourth-order valence-electron chi connectivity index (χ4n) is 3.93. The molecule has 4 N–H and O–H groups in total. The minimum Gasteiger partial charge on any atom is -0.508 e. The zero-order valence-corrected chi connectivity index (χ0v) is 22.9. The number of phenols is 1. The summed E-state index contributed by atoms with van der Waals surface area (Å²) in [6, 6.07) is 1.81. The molecule has 2 aliphatic rings. The van der Waals surface area contributed by atoms with E-state index in [-0.39, 0.29) is 29.4 Å². The minimum atomic E-state index is -5.44. The molecule has 14 nitrogen and oxygen atoms in total. The Balaban J connectivity index is 1.53. The van der Waals surface area contributed by atoms with Gasteiger partial charge in [0, 0.05) is 31.2 Å². The molecular formula is C22H22F3N7O7S2. The predicted molar refractivity (Wildman–Crippen MR) is 134 cm³/mol. The number of methoxy groups -OCH3 is 1. The van der Waals surface area contributed by atoms with Gasteiger partial charge in [-0.3, -0.25) is 14.5 Å². The van der Waals surface area contributed by atoms with Crippen LogP contribution >= 0.6 is 23.5 Å². The van der Waals surface area contributed by atoms with E-state index in [1.54, 1.807) is 7.05 Å². The third kappa shape index (κ3) is 6.31. The number of hydrogen-bond donors (Lipinski definition) is 3. The normalized spacial score (nSPS) is 19.4. The lowest BCUT2D eigenvalue weighted by Crippen LogP contribution is -2.71. The zero-order chi connectivity index (χ0) is 30.1. The van der Waals surface area contributed by atoms with Crippen LogP contribution < -0.4 is 11.1 Å². The number of nitrogens with two attached hydrogens (primary N) is 1. The van der Waals surface area contributed by atoms with Crippen molar-refractivity contribution in [3.8, 4) is 5.75 Å². The Labute approximate surface area is 237 Å². The number of esters is 2. The summed E-state index contributed by atoms with van der Waals surface area (Å²) >= 11 is 2.18. The van der Waals surface area contributed by atoms with Gasteiger partial charge in [0.05, 0.1) is 6.61 Å². The Bertz CT molecular complexity index is 1420. The minimum absolute atomic E-state index is 0.0189. The summed E-state index contributed by atoms with van der Waals surface area (Å²) in [5, 5.41) is 22.8. The van der Waals surface area contributed by atoms with E-state index in [2.05, 4.69) is 25.6 Å². The highest BCUT2D eigenvalue weighted by Crippen LogP contribution is 2.42. The van der Waals surface area contributed by atoms with Crippen LogP contribution in [0, 0.1) is 0 Å². The summed E-state index contributed by atoms with van der Waals surface area (Å²) in [4.78, 5) is 51.1. The number of aryl methyl sites for hydroxylation is 1. The number of benzene rings is 1. The van der Waals surface area contributed by atoms with Crippen molar-refractivity contribution in [2.24, 2.45) is 12.8 Å². The Hall–Kier alpha value is -3.68. The number of β-lactam (4-membered cyclic amide) rings is 1. The zero-order valence-electron chi connectivity index (χ0n) is 21.2. The van der Waals surface area contributed by atoms with E-state index < -0.39 is 53.1 Å². The molecule has 1 aromatic heterocycles. The molecule has 1 saturated heterocycles. The first-order valence-electron chi connectivity index (χ1n) is 11.5. The first kappa shape index (κ1) is 30.3. The van der Waals surface area contributed by atoms with Crippen LogP contribution in [0.4, 0.5) is 13.2 Å². The molecule has 1 aromatic carbocycles. The maximum Gasteiger partial charge on any atom is 0.491 e. The summed E-state index contributed by atoms with van der Waals surface area (Å²) in [7, 11) is 2.97. The van der Waals surface area contributed by atoms with Crippen molar-refractivity contribution in [1.29, 1.82) is 0 Å². The molecule has 0 radical (unpaired) electrons. The van der Waals surface area contributed by atoms with Crippen molar-refractivity contribution in [2.45, 2.75) is 35.4 Å². The molecule has 4 rings (SSSR count). The Morgan fingerprint density at radius 2 is 2.07 bits per heavy atom. The number of phenolic OH excluding ortho intramolecular Hbond substituents is 1. The molecule has 2 aliphatic heterocycles. The van der Waals surface area contributed by atoms with Gasteiger partial charge < -0.3 is 25.6 Å². The van der Waals surface area contributed by atoms with Crippen molar-refractivity contribution in [3.05, 3.63) is 40.6 Å². The number of fused-ring (bicyclic) bond motifs is 1. The van der Waals surface area contributed by atoms with Crippen LogP contribution in [-0.2, 0) is 42.3 Å². The number of carbonyl (C=O) groups excluding carboxylic acids is 4. The largest absolute Gasteiger partial charge is 0.508 e. The van der Waals surface area contributed by atoms with Crippen LogP contribution in [0.2, 0.25) is 0 Å². The van der Waals surface area contributed by atoms with E-state index in [0.29, 0.717) is 16.3 Å². The van der Waals surface area contributed by atoms with E-state index in [9.17, 15) is 37.5 Å². The lowest BCUT2D eigenvalue weighted by atomic mass is 10.0. The van der Waals surface area contributed by atoms with Gasteiger partial charge in [-0.25, -0.2) is 14.3 Å². The number of rotatable bonds is 9. The summed E-state index contributed by atoms with van der Waals surface area (Å²) in [5.74, 6) is -6.00. The van der Waals surface area contributed by atoms with E-state index in [0.717, 1.165) is 28.4 Å². The molecule has 1 fully saturated rings. The number of ether oxygens (including phenoxy) is 2. The van der Waals surface area contributed by atoms with Gasteiger partial charge in [-0.05, 0) is 33.7 Å². The van der Waals surface area contributed by atoms with Gasteiger partial charge in [-0.15, -0.1) is 16.9 Å². The van der Waals surface area contributed by atoms with E-state index >= 15 is 0 Å². The Morgan fingerprint density at radius 3 is 2.71 bits per heavy atom. The number of halogens is 3. The quantitative estimate of drug-likeness (QED) is 0.149. The van der Waals surface area contributed by atoms with Crippen LogP contribution in [0.25, 0.3) is 0 Å². The number of hydrogen-bond acceptors (Lipinski definition) is 13. The highest BCUT2D eigenvalue weighted by atomic mass is 32.2. The first-order valence-corrected chi connectivity index (χ1v) is 13.6. The summed E-state index contributed by atoms with van der Waals surface area (Å²) in [6.07, 6.45) is -5.44. The molecule has 3 unspecified atom stereocenters. The molecule has 3 heterocycles. The molecule has 2 amide bonds. The van der Waals surface area contributed by atoms with Gasteiger partial charge >= 0.3 is 18.1 Å². The highest BCUT2D eigenvalue weighted by Gasteiger charge is 2.55. The van der Waals surface area contributed by atoms with Crippen LogP contribution in [0.3, 0.4) is 0 Å². The number of aromatic hydroxyl groups is 1. The fraction of sp³-hybridized carbons (Fsp3) is 0.409. The SMILES string of the molecule is COCc1cc(C(N)C(=O)NC2C(=O)N3C(C(=O)OC(=O)C(F)(F)F)=C(CSc4nnnn4C)CSC23)ccc1O. The van der Waals surface area contributed by atoms with Crippen LogP contribution in [0.5, 0.6) is 5.75 Å². The van der Waals surface area contributed by atoms with Gasteiger partial charge in [0.25, 0.3) is 5.91 Å². The smallest absolute Gasteiger partial charge is 0.491 e. The number of nitrogens with one attached hydrogen (secondary N) is 1. The average Bonchev–Trinajstić information content (AvgIpc) is 3.34. The second-order valence-corrected chi connectivity index (χ2v) is 10.7. The topological polar surface area (TPSA) is 192 Å². The molecule has 0 spiro atoms. The van der Waals surface area contributed by atoms with E-state index in [1.807, 2.05) is 0 Å². The second kappa shape index (κ2) is 12.0. The number of aromatic nitrogens is 4. The van der Waals surface area contributed by atoms with Gasteiger partial charge in [-0.1, -0.05) is 17.8 Å². The second-order valence-electron chi connectivity index (χ2n) is 8.70. The van der Waals surface area contributed by atoms with Gasteiger partial charge in [0.1, 0.15) is 28.9 Å². The van der Waals surface area contributed by atoms with Crippen LogP contribution in [0.1, 0.15) is 17.2 Å². The Kier molecular flexibility index (Phi) is 8.90. The van der Waals surface area contributed by atoms with Gasteiger partial charge in [0.15, 0.2) is 0 Å². The van der Waals surface area contributed by atoms with Gasteiger partial charge in [0.2, 0.25) is 11.1 Å². The monoisotopic (exact) mass is 617 g/mol. The molecular weight excluding hydrogens is 595 g/mol. The summed E-state index contributed by atoms with van der Waals surface area (Å²) in [5.41, 5.74) is 6.44. The van der Waals surface area contributed by atoms with Crippen LogP contribution in [-0.4, -0.2) is 90.2 Å². The molecule has 0 bridgehead atoms. The Morgan fingerprint density at radius 1 is 1.34 bits per heavy atom. The molecule has 41 heavy (non-hydrogen) atoms. The molecule has 0 aliphatic carbocycles. The molecule has 19 heteroatoms. The molecule has 0 saturated carbocycles. The number of thioether (sulfide) groups is 2. The van der Waals surface area contributed by atoms with Crippen molar-refractivity contribution in [2.75, 3.05) is 18.6 Å².